The molecule has 31 heavy (non-hydrogen) atoms. The number of allylic oxidation sites excluding steroid dienone is 4. The molecule has 0 aromatic heterocycles. The van der Waals surface area contributed by atoms with Gasteiger partial charge in [-0.2, -0.15) is 0 Å². The quantitative estimate of drug-likeness (QED) is 0.664. The molecule has 0 unspecified atom stereocenters. The first kappa shape index (κ1) is 22.3. The summed E-state index contributed by atoms with van der Waals surface area (Å²) >= 11 is 0. The van der Waals surface area contributed by atoms with E-state index in [-0.39, 0.29) is 35.9 Å². The van der Waals surface area contributed by atoms with E-state index in [1.807, 2.05) is 19.9 Å². The molecule has 4 aliphatic carbocycles. The number of aliphatic carboxylic acids is 1. The van der Waals surface area contributed by atoms with Gasteiger partial charge in [0.2, 0.25) is 5.60 Å². The lowest BCUT2D eigenvalue weighted by molar-refractivity contribution is -0.216. The number of carbonyl (C=O) groups is 3. The summed E-state index contributed by atoms with van der Waals surface area (Å²) < 4.78 is 5.86. The average molecular weight is 431 g/mol. The molecular weight excluding hydrogens is 396 g/mol. The second kappa shape index (κ2) is 7.03. The Kier molecular flexibility index (Phi) is 5.04. The lowest BCUT2D eigenvalue weighted by atomic mass is 9.46. The Morgan fingerprint density at radius 1 is 1.26 bits per heavy atom. The number of rotatable bonds is 3. The number of carboxylic acids is 1. The summed E-state index contributed by atoms with van der Waals surface area (Å²) in [5.74, 6) is -2.42. The van der Waals surface area contributed by atoms with E-state index in [2.05, 4.69) is 6.92 Å². The van der Waals surface area contributed by atoms with Crippen molar-refractivity contribution in [1.82, 2.24) is 0 Å². The number of carbonyl (C=O) groups excluding carboxylic acids is 2. The minimum Gasteiger partial charge on any atom is -0.478 e. The second-order valence-corrected chi connectivity index (χ2v) is 11.0. The van der Waals surface area contributed by atoms with Gasteiger partial charge in [-0.05, 0) is 49.7 Å². The summed E-state index contributed by atoms with van der Waals surface area (Å²) in [6, 6.07) is 0. The maximum atomic E-state index is 12.7. The van der Waals surface area contributed by atoms with E-state index in [0.717, 1.165) is 18.4 Å². The van der Waals surface area contributed by atoms with Crippen molar-refractivity contribution in [2.75, 3.05) is 0 Å². The lowest BCUT2D eigenvalue weighted by Crippen LogP contribution is -2.63. The van der Waals surface area contributed by atoms with Crippen molar-refractivity contribution in [2.24, 2.45) is 40.4 Å². The normalized spacial score (nSPS) is 46.1. The number of esters is 1. The van der Waals surface area contributed by atoms with Crippen molar-refractivity contribution in [2.45, 2.75) is 72.0 Å². The van der Waals surface area contributed by atoms with Crippen molar-refractivity contribution in [1.29, 1.82) is 0 Å². The molecule has 2 N–H and O–H groups in total. The highest BCUT2D eigenvalue weighted by Gasteiger charge is 2.73. The number of aliphatic hydroxyl groups is 1. The van der Waals surface area contributed by atoms with E-state index in [4.69, 9.17) is 4.74 Å². The molecule has 0 spiro atoms. The Morgan fingerprint density at radius 2 is 1.94 bits per heavy atom. The maximum absolute atomic E-state index is 12.7. The van der Waals surface area contributed by atoms with E-state index >= 15 is 0 Å². The maximum Gasteiger partial charge on any atom is 0.349 e. The summed E-state index contributed by atoms with van der Waals surface area (Å²) in [7, 11) is 0. The van der Waals surface area contributed by atoms with Crippen LogP contribution in [0.15, 0.2) is 23.8 Å². The molecule has 0 amide bonds. The first-order valence-corrected chi connectivity index (χ1v) is 11.5. The summed E-state index contributed by atoms with van der Waals surface area (Å²) in [5, 5.41) is 21.9. The highest BCUT2D eigenvalue weighted by atomic mass is 16.6. The van der Waals surface area contributed by atoms with Crippen LogP contribution in [0.25, 0.3) is 0 Å². The summed E-state index contributed by atoms with van der Waals surface area (Å²) in [4.78, 5) is 37.3. The molecule has 3 saturated carbocycles. The molecule has 4 rings (SSSR count). The molecule has 0 radical (unpaired) electrons. The minimum atomic E-state index is -1.65. The largest absolute Gasteiger partial charge is 0.478 e. The van der Waals surface area contributed by atoms with Crippen molar-refractivity contribution < 1.29 is 29.3 Å². The summed E-state index contributed by atoms with van der Waals surface area (Å²) in [6.45, 7) is 9.26. The molecular formula is C25H34O6. The number of hydrogen-bond acceptors (Lipinski definition) is 5. The van der Waals surface area contributed by atoms with E-state index < -0.39 is 40.4 Å². The fourth-order valence-electron chi connectivity index (χ4n) is 7.64. The van der Waals surface area contributed by atoms with Crippen molar-refractivity contribution in [3.8, 4) is 0 Å². The molecule has 6 nitrogen and oxygen atoms in total. The molecule has 4 aliphatic rings. The standard InChI is InChI=1S/C25H34O6/c1-13(2)21(28)31-25(22(29)30)14(3)10-18-17-7-6-15-11-16(26)8-9-23(15,4)20(17)19(27)12-24(18,25)5/h8-9,11,13-14,17-20,27H,6-7,10,12H2,1-5H3,(H,29,30)/t14-,17+,18+,19+,20-,23+,24+,25+/m1/s1. The van der Waals surface area contributed by atoms with Crippen LogP contribution in [0.2, 0.25) is 0 Å². The van der Waals surface area contributed by atoms with Gasteiger partial charge >= 0.3 is 11.9 Å². The number of carboxylic acid groups (broad SMARTS) is 1. The van der Waals surface area contributed by atoms with Crippen LogP contribution in [0, 0.1) is 40.4 Å². The van der Waals surface area contributed by atoms with Gasteiger partial charge in [-0.25, -0.2) is 4.79 Å². The first-order valence-electron chi connectivity index (χ1n) is 11.5. The van der Waals surface area contributed by atoms with Crippen LogP contribution in [0.3, 0.4) is 0 Å². The van der Waals surface area contributed by atoms with Gasteiger partial charge in [-0.1, -0.05) is 46.3 Å². The van der Waals surface area contributed by atoms with Crippen LogP contribution >= 0.6 is 0 Å². The monoisotopic (exact) mass is 430 g/mol. The van der Waals surface area contributed by atoms with Crippen LogP contribution in [-0.4, -0.2) is 39.6 Å². The molecule has 8 atom stereocenters. The topological polar surface area (TPSA) is 101 Å². The van der Waals surface area contributed by atoms with Gasteiger partial charge in [-0.15, -0.1) is 0 Å². The molecule has 0 heterocycles. The van der Waals surface area contributed by atoms with Crippen LogP contribution in [0.1, 0.15) is 60.3 Å². The van der Waals surface area contributed by atoms with Crippen molar-refractivity contribution >= 4 is 17.7 Å². The number of fused-ring (bicyclic) bond motifs is 5. The van der Waals surface area contributed by atoms with Crippen LogP contribution in [0.5, 0.6) is 0 Å². The molecule has 3 fully saturated rings. The SMILES string of the molecule is CC(C)C(=O)O[C@]1(C(=O)O)[C@H](C)C[C@H]2[C@@H]3CCC4=CC(=O)C=C[C@]4(C)[C@H]3[C@@H](O)C[C@@]21C. The highest BCUT2D eigenvalue weighted by Crippen LogP contribution is 2.69. The molecule has 170 valence electrons. The summed E-state index contributed by atoms with van der Waals surface area (Å²) in [6.07, 6.45) is 6.94. The Morgan fingerprint density at radius 3 is 2.55 bits per heavy atom. The second-order valence-electron chi connectivity index (χ2n) is 11.0. The Labute approximate surface area is 183 Å². The zero-order valence-corrected chi connectivity index (χ0v) is 19.1. The predicted molar refractivity (Wildman–Crippen MR) is 114 cm³/mol. The van der Waals surface area contributed by atoms with Crippen LogP contribution < -0.4 is 0 Å². The molecule has 0 aromatic rings. The van der Waals surface area contributed by atoms with Gasteiger partial charge < -0.3 is 14.9 Å². The third-order valence-corrected chi connectivity index (χ3v) is 9.09. The number of ether oxygens (including phenoxy) is 1. The zero-order valence-electron chi connectivity index (χ0n) is 19.1. The fraction of sp³-hybridized carbons (Fsp3) is 0.720. The smallest absolute Gasteiger partial charge is 0.349 e. The van der Waals surface area contributed by atoms with Crippen molar-refractivity contribution in [3.05, 3.63) is 23.8 Å². The minimum absolute atomic E-state index is 0.0105. The molecule has 0 bridgehead atoms. The molecule has 0 aromatic carbocycles. The third kappa shape index (κ3) is 2.83. The van der Waals surface area contributed by atoms with Gasteiger partial charge in [0.05, 0.1) is 12.0 Å². The highest BCUT2D eigenvalue weighted by molar-refractivity contribution is 6.01. The van der Waals surface area contributed by atoms with E-state index in [1.54, 1.807) is 26.0 Å². The Bertz CT molecular complexity index is 886. The summed E-state index contributed by atoms with van der Waals surface area (Å²) in [5.41, 5.74) is -1.87. The van der Waals surface area contributed by atoms with Crippen molar-refractivity contribution in [3.63, 3.8) is 0 Å². The van der Waals surface area contributed by atoms with Gasteiger partial charge in [0.1, 0.15) is 0 Å². The van der Waals surface area contributed by atoms with Crippen LogP contribution in [-0.2, 0) is 19.1 Å². The zero-order chi connectivity index (χ0) is 22.9. The Hall–Kier alpha value is -1.95. The fourth-order valence-corrected chi connectivity index (χ4v) is 7.64. The number of hydrogen-bond donors (Lipinski definition) is 2. The van der Waals surface area contributed by atoms with Gasteiger partial charge in [-0.3, -0.25) is 9.59 Å². The van der Waals surface area contributed by atoms with Crippen LogP contribution in [0.4, 0.5) is 0 Å². The van der Waals surface area contributed by atoms with E-state index in [9.17, 15) is 24.6 Å². The molecule has 0 saturated heterocycles. The number of aliphatic hydroxyl groups excluding tert-OH is 1. The third-order valence-electron chi connectivity index (χ3n) is 9.09. The van der Waals surface area contributed by atoms with Gasteiger partial charge in [0, 0.05) is 22.7 Å². The first-order chi connectivity index (χ1) is 14.4. The lowest BCUT2D eigenvalue weighted by Gasteiger charge is -2.59. The Balaban J connectivity index is 1.78. The molecule has 6 heteroatoms. The van der Waals surface area contributed by atoms with E-state index in [1.165, 1.54) is 0 Å². The molecule has 0 aliphatic heterocycles. The predicted octanol–water partition coefficient (Wildman–Crippen LogP) is 3.53. The van der Waals surface area contributed by atoms with Gasteiger partial charge in [0.15, 0.2) is 5.78 Å². The number of ketones is 1. The van der Waals surface area contributed by atoms with Gasteiger partial charge in [0.25, 0.3) is 0 Å². The van der Waals surface area contributed by atoms with E-state index in [0.29, 0.717) is 6.42 Å². The average Bonchev–Trinajstić information content (AvgIpc) is 2.89.